The van der Waals surface area contributed by atoms with Crippen LogP contribution in [-0.4, -0.2) is 80.9 Å². The Morgan fingerprint density at radius 3 is 2.42 bits per heavy atom. The fourth-order valence-corrected chi connectivity index (χ4v) is 3.94. The second-order valence-electron chi connectivity index (χ2n) is 9.49. The molecule has 8 nitrogen and oxygen atoms in total. The van der Waals surface area contributed by atoms with Gasteiger partial charge < -0.3 is 14.4 Å². The van der Waals surface area contributed by atoms with Gasteiger partial charge in [0.1, 0.15) is 23.9 Å². The summed E-state index contributed by atoms with van der Waals surface area (Å²) in [6, 6.07) is 4.67. The van der Waals surface area contributed by atoms with Gasteiger partial charge >= 0.3 is 12.2 Å². The number of hydrogen-bond acceptors (Lipinski definition) is 5. The Kier molecular flexibility index (Phi) is 9.95. The number of benzene rings is 1. The number of amides is 3. The van der Waals surface area contributed by atoms with E-state index in [0.717, 1.165) is 9.80 Å². The van der Waals surface area contributed by atoms with Gasteiger partial charge in [-0.15, -0.1) is 0 Å². The Morgan fingerprint density at radius 2 is 1.86 bits per heavy atom. The van der Waals surface area contributed by atoms with E-state index in [0.29, 0.717) is 10.6 Å². The highest BCUT2D eigenvalue weighted by Gasteiger charge is 2.52. The fourth-order valence-electron chi connectivity index (χ4n) is 3.56. The van der Waals surface area contributed by atoms with Crippen molar-refractivity contribution in [1.29, 1.82) is 0 Å². The van der Waals surface area contributed by atoms with Crippen molar-refractivity contribution in [2.24, 2.45) is 0 Å². The van der Waals surface area contributed by atoms with E-state index in [2.05, 4.69) is 0 Å². The number of carbonyl (C=O) groups excluding carboxylic acids is 3. The molecule has 1 heterocycles. The Hall–Kier alpha value is -1.75. The van der Waals surface area contributed by atoms with Crippen molar-refractivity contribution >= 4 is 64.5 Å². The summed E-state index contributed by atoms with van der Waals surface area (Å²) in [7, 11) is 1.23. The molecule has 202 valence electrons. The van der Waals surface area contributed by atoms with Gasteiger partial charge in [0.2, 0.25) is 3.79 Å². The second-order valence-corrected chi connectivity index (χ2v) is 12.4. The van der Waals surface area contributed by atoms with Crippen LogP contribution < -0.4 is 0 Å². The largest absolute Gasteiger partial charge is 0.445 e. The standard InChI is InChI=1S/C22H27Cl4F2N3O5/c1-20(2,3)36-19(34)30-12-21(27,11-29(4)18(33)35-13-22(24,25)26)9-16(30)17(32)31(28)10-14-6-5-7-15(23)8-14/h5-8,16H,9-13H2,1-4H3/t16-,21-/m0/s1. The van der Waals surface area contributed by atoms with Gasteiger partial charge in [0.05, 0.1) is 19.6 Å². The van der Waals surface area contributed by atoms with Crippen LogP contribution in [0, 0.1) is 0 Å². The van der Waals surface area contributed by atoms with Gasteiger partial charge in [-0.3, -0.25) is 9.69 Å². The predicted octanol–water partition coefficient (Wildman–Crippen LogP) is 5.71. The molecule has 0 aliphatic carbocycles. The zero-order chi connectivity index (χ0) is 27.5. The average molecular weight is 593 g/mol. The van der Waals surface area contributed by atoms with E-state index >= 15 is 4.39 Å². The number of alkyl halides is 4. The molecule has 0 saturated carbocycles. The van der Waals surface area contributed by atoms with Crippen LogP contribution in [0.1, 0.15) is 32.8 Å². The van der Waals surface area contributed by atoms with E-state index in [1.165, 1.54) is 13.1 Å². The highest BCUT2D eigenvalue weighted by molar-refractivity contribution is 6.67. The van der Waals surface area contributed by atoms with Crippen LogP contribution in [0.15, 0.2) is 24.3 Å². The zero-order valence-corrected chi connectivity index (χ0v) is 23.1. The van der Waals surface area contributed by atoms with Crippen LogP contribution in [0.2, 0.25) is 5.02 Å². The third kappa shape index (κ3) is 9.28. The Morgan fingerprint density at radius 1 is 1.22 bits per heavy atom. The maximum atomic E-state index is 15.9. The van der Waals surface area contributed by atoms with Gasteiger partial charge in [0, 0.05) is 18.5 Å². The number of halogens is 6. The zero-order valence-electron chi connectivity index (χ0n) is 20.1. The number of likely N-dealkylation sites (tertiary alicyclic amines) is 1. The summed E-state index contributed by atoms with van der Waals surface area (Å²) in [6.07, 6.45) is -2.59. The Bertz CT molecular complexity index is 976. The van der Waals surface area contributed by atoms with Gasteiger partial charge in [0.25, 0.3) is 5.91 Å². The summed E-state index contributed by atoms with van der Waals surface area (Å²) >= 11 is 22.6. The molecular formula is C22H27Cl4F2N3O5. The first-order valence-corrected chi connectivity index (χ1v) is 12.3. The van der Waals surface area contributed by atoms with Gasteiger partial charge in [-0.1, -0.05) is 63.0 Å². The number of hydrogen-bond donors (Lipinski definition) is 0. The van der Waals surface area contributed by atoms with Crippen LogP contribution in [0.3, 0.4) is 0 Å². The van der Waals surface area contributed by atoms with Crippen molar-refractivity contribution in [2.45, 2.75) is 54.8 Å². The van der Waals surface area contributed by atoms with Crippen molar-refractivity contribution in [2.75, 3.05) is 26.7 Å². The summed E-state index contributed by atoms with van der Waals surface area (Å²) in [4.78, 5) is 39.7. The first-order valence-electron chi connectivity index (χ1n) is 10.7. The van der Waals surface area contributed by atoms with Crippen LogP contribution in [0.25, 0.3) is 0 Å². The van der Waals surface area contributed by atoms with E-state index in [-0.39, 0.29) is 5.12 Å². The predicted molar refractivity (Wildman–Crippen MR) is 133 cm³/mol. The lowest BCUT2D eigenvalue weighted by molar-refractivity contribution is -0.153. The monoisotopic (exact) mass is 591 g/mol. The van der Waals surface area contributed by atoms with Gasteiger partial charge in [-0.25, -0.2) is 14.0 Å². The maximum Gasteiger partial charge on any atom is 0.411 e. The molecule has 1 aliphatic rings. The van der Waals surface area contributed by atoms with Crippen molar-refractivity contribution in [1.82, 2.24) is 14.9 Å². The summed E-state index contributed by atoms with van der Waals surface area (Å²) < 4.78 is 39.1. The van der Waals surface area contributed by atoms with E-state index in [1.54, 1.807) is 39.0 Å². The van der Waals surface area contributed by atoms with Gasteiger partial charge in [-0.05, 0) is 38.5 Å². The molecular weight excluding hydrogens is 566 g/mol. The minimum absolute atomic E-state index is 0.113. The van der Waals surface area contributed by atoms with Crippen LogP contribution in [0.5, 0.6) is 0 Å². The first-order chi connectivity index (χ1) is 16.4. The van der Waals surface area contributed by atoms with E-state index in [1.807, 2.05) is 0 Å². The summed E-state index contributed by atoms with van der Waals surface area (Å²) in [5, 5.41) is 0.232. The van der Waals surface area contributed by atoms with Crippen LogP contribution in [-0.2, 0) is 20.8 Å². The molecule has 0 spiro atoms. The smallest absolute Gasteiger partial charge is 0.411 e. The maximum absolute atomic E-state index is 15.9. The molecule has 1 aliphatic heterocycles. The third-order valence-corrected chi connectivity index (χ3v) is 5.51. The molecule has 14 heteroatoms. The molecule has 1 aromatic carbocycles. The van der Waals surface area contributed by atoms with Crippen molar-refractivity contribution in [3.05, 3.63) is 34.9 Å². The average Bonchev–Trinajstić information content (AvgIpc) is 3.07. The summed E-state index contributed by atoms with van der Waals surface area (Å²) in [6.45, 7) is 2.51. The van der Waals surface area contributed by atoms with E-state index in [4.69, 9.17) is 55.9 Å². The van der Waals surface area contributed by atoms with Gasteiger partial charge in [0.15, 0.2) is 0 Å². The molecule has 0 aromatic heterocycles. The minimum Gasteiger partial charge on any atom is -0.445 e. The highest BCUT2D eigenvalue weighted by atomic mass is 35.6. The molecule has 0 radical (unpaired) electrons. The molecule has 2 atom stereocenters. The molecule has 1 saturated heterocycles. The molecule has 1 aromatic rings. The number of carbonyl (C=O) groups is 3. The second kappa shape index (κ2) is 11.8. The van der Waals surface area contributed by atoms with Gasteiger partial charge in [-0.2, -0.15) is 5.12 Å². The number of ether oxygens (including phenoxy) is 2. The third-order valence-electron chi connectivity index (χ3n) is 4.94. The Labute approximate surface area is 228 Å². The lowest BCUT2D eigenvalue weighted by Gasteiger charge is -2.29. The number of rotatable bonds is 6. The molecule has 0 unspecified atom stereocenters. The topological polar surface area (TPSA) is 79.4 Å². The number of nitrogens with zero attached hydrogens (tertiary/aromatic N) is 3. The fraction of sp³-hybridized carbons (Fsp3) is 0.591. The lowest BCUT2D eigenvalue weighted by Crippen LogP contribution is -2.47. The first kappa shape index (κ1) is 30.5. The highest BCUT2D eigenvalue weighted by Crippen LogP contribution is 2.34. The summed E-state index contributed by atoms with van der Waals surface area (Å²) in [5.74, 6) is -1.15. The molecule has 0 bridgehead atoms. The van der Waals surface area contributed by atoms with Crippen LogP contribution in [0.4, 0.5) is 18.5 Å². The molecule has 0 N–H and O–H groups in total. The lowest BCUT2D eigenvalue weighted by atomic mass is 10.0. The molecule has 3 amide bonds. The van der Waals surface area contributed by atoms with Crippen molar-refractivity contribution in [3.63, 3.8) is 0 Å². The Balaban J connectivity index is 2.20. The van der Waals surface area contributed by atoms with Crippen molar-refractivity contribution in [3.8, 4) is 0 Å². The quantitative estimate of drug-likeness (QED) is 0.312. The van der Waals surface area contributed by atoms with Crippen molar-refractivity contribution < 1.29 is 32.7 Å². The molecule has 36 heavy (non-hydrogen) atoms. The molecule has 2 rings (SSSR count). The summed E-state index contributed by atoms with van der Waals surface area (Å²) in [5.41, 5.74) is -2.86. The normalized spacial score (nSPS) is 20.2. The van der Waals surface area contributed by atoms with E-state index < -0.39 is 71.9 Å². The minimum atomic E-state index is -2.29. The molecule has 1 fully saturated rings. The SMILES string of the molecule is CN(C[C@@]1(F)C[C@@H](C(=O)N(F)Cc2cccc(Cl)c2)N(C(=O)OC(C)(C)C)C1)C(=O)OCC(Cl)(Cl)Cl. The van der Waals surface area contributed by atoms with E-state index in [9.17, 15) is 18.9 Å². The van der Waals surface area contributed by atoms with Crippen LogP contribution >= 0.6 is 46.4 Å².